The zero-order valence-corrected chi connectivity index (χ0v) is 18.9. The molecule has 0 bridgehead atoms. The molecule has 3 heterocycles. The number of carbonyl (C=O) groups is 3. The molecule has 0 unspecified atom stereocenters. The summed E-state index contributed by atoms with van der Waals surface area (Å²) in [6.45, 7) is 2.24. The predicted octanol–water partition coefficient (Wildman–Crippen LogP) is 2.24. The number of imide groups is 1. The fourth-order valence-electron chi connectivity index (χ4n) is 4.31. The lowest BCUT2D eigenvalue weighted by atomic mass is 9.88. The molecule has 4 amide bonds. The van der Waals surface area contributed by atoms with E-state index >= 15 is 0 Å². The summed E-state index contributed by atoms with van der Waals surface area (Å²) >= 11 is 0. The van der Waals surface area contributed by atoms with Gasteiger partial charge in [-0.25, -0.2) is 4.79 Å². The van der Waals surface area contributed by atoms with Crippen LogP contribution in [0.1, 0.15) is 28.4 Å². The van der Waals surface area contributed by atoms with Crippen molar-refractivity contribution in [2.75, 3.05) is 13.2 Å². The lowest BCUT2D eigenvalue weighted by Crippen LogP contribution is -2.52. The van der Waals surface area contributed by atoms with E-state index in [0.29, 0.717) is 29.1 Å². The van der Waals surface area contributed by atoms with Crippen LogP contribution in [0.3, 0.4) is 0 Å². The van der Waals surface area contributed by atoms with Crippen molar-refractivity contribution in [3.8, 4) is 28.8 Å². The molecule has 9 heteroatoms. The first-order valence-electron chi connectivity index (χ1n) is 11.0. The zero-order valence-electron chi connectivity index (χ0n) is 18.9. The molecule has 1 atom stereocenters. The smallest absolute Gasteiger partial charge is 0.322 e. The molecule has 0 saturated carbocycles. The van der Waals surface area contributed by atoms with Gasteiger partial charge in [0.15, 0.2) is 5.54 Å². The molecule has 9 nitrogen and oxygen atoms in total. The first-order valence-corrected chi connectivity index (χ1v) is 11.0. The van der Waals surface area contributed by atoms with E-state index < -0.39 is 17.5 Å². The van der Waals surface area contributed by atoms with Crippen molar-refractivity contribution in [3.05, 3.63) is 77.7 Å². The van der Waals surface area contributed by atoms with Gasteiger partial charge in [0.2, 0.25) is 0 Å². The SMILES string of the molecule is CC#CCOc1ccc2c(c1)C(=O)N(C[C@@]1(c3ccc(-c4cnccn4)cc3)NC(=O)NC1=O)C2. The summed E-state index contributed by atoms with van der Waals surface area (Å²) in [4.78, 5) is 48.4. The van der Waals surface area contributed by atoms with Crippen LogP contribution >= 0.6 is 0 Å². The lowest BCUT2D eigenvalue weighted by Gasteiger charge is -2.31. The Morgan fingerprint density at radius 2 is 1.94 bits per heavy atom. The minimum atomic E-state index is -1.42. The molecule has 2 aliphatic heterocycles. The summed E-state index contributed by atoms with van der Waals surface area (Å²) < 4.78 is 5.58. The van der Waals surface area contributed by atoms with Crippen LogP contribution in [0.2, 0.25) is 0 Å². The topological polar surface area (TPSA) is 114 Å². The van der Waals surface area contributed by atoms with Crippen LogP contribution in [0.4, 0.5) is 4.79 Å². The monoisotopic (exact) mass is 467 g/mol. The van der Waals surface area contributed by atoms with Crippen molar-refractivity contribution >= 4 is 17.8 Å². The van der Waals surface area contributed by atoms with E-state index in [-0.39, 0.29) is 19.1 Å². The van der Waals surface area contributed by atoms with E-state index in [9.17, 15) is 14.4 Å². The molecule has 1 aromatic heterocycles. The second-order valence-corrected chi connectivity index (χ2v) is 8.18. The number of rotatable bonds is 6. The minimum Gasteiger partial charge on any atom is -0.481 e. The Bertz CT molecular complexity index is 1380. The van der Waals surface area contributed by atoms with Crippen LogP contribution in [0.5, 0.6) is 5.75 Å². The van der Waals surface area contributed by atoms with Gasteiger partial charge in [-0.3, -0.25) is 24.9 Å². The highest BCUT2D eigenvalue weighted by atomic mass is 16.5. The third-order valence-corrected chi connectivity index (χ3v) is 6.05. The fourth-order valence-corrected chi connectivity index (χ4v) is 4.31. The van der Waals surface area contributed by atoms with E-state index in [1.165, 1.54) is 0 Å². The quantitative estimate of drug-likeness (QED) is 0.425. The van der Waals surface area contributed by atoms with Gasteiger partial charge in [0, 0.05) is 30.1 Å². The number of benzene rings is 2. The molecular formula is C26H21N5O4. The summed E-state index contributed by atoms with van der Waals surface area (Å²) in [5, 5.41) is 5.07. The highest BCUT2D eigenvalue weighted by Crippen LogP contribution is 2.33. The van der Waals surface area contributed by atoms with Crippen LogP contribution in [-0.4, -0.2) is 45.9 Å². The number of hydrogen-bond donors (Lipinski definition) is 2. The van der Waals surface area contributed by atoms with Crippen LogP contribution < -0.4 is 15.4 Å². The number of fused-ring (bicyclic) bond motifs is 1. The summed E-state index contributed by atoms with van der Waals surface area (Å²) in [6.07, 6.45) is 4.83. The van der Waals surface area contributed by atoms with Gasteiger partial charge in [-0.2, -0.15) is 0 Å². The van der Waals surface area contributed by atoms with Gasteiger partial charge < -0.3 is 15.0 Å². The highest BCUT2D eigenvalue weighted by Gasteiger charge is 2.50. The Balaban J connectivity index is 1.42. The van der Waals surface area contributed by atoms with Crippen molar-refractivity contribution in [1.29, 1.82) is 0 Å². The average Bonchev–Trinajstić information content (AvgIpc) is 3.34. The summed E-state index contributed by atoms with van der Waals surface area (Å²) in [6, 6.07) is 11.8. The normalized spacial score (nSPS) is 18.4. The Morgan fingerprint density at radius 3 is 2.63 bits per heavy atom. The Kier molecular flexibility index (Phi) is 5.63. The van der Waals surface area contributed by atoms with Crippen molar-refractivity contribution in [1.82, 2.24) is 25.5 Å². The van der Waals surface area contributed by atoms with Crippen molar-refractivity contribution in [2.24, 2.45) is 0 Å². The number of hydrogen-bond acceptors (Lipinski definition) is 6. The molecule has 0 spiro atoms. The number of ether oxygens (including phenoxy) is 1. The van der Waals surface area contributed by atoms with Gasteiger partial charge in [0.25, 0.3) is 11.8 Å². The van der Waals surface area contributed by atoms with Gasteiger partial charge in [0.1, 0.15) is 12.4 Å². The maximum absolute atomic E-state index is 13.3. The Morgan fingerprint density at radius 1 is 1.11 bits per heavy atom. The number of nitrogens with zero attached hydrogens (tertiary/aromatic N) is 3. The molecule has 2 aromatic carbocycles. The number of aromatic nitrogens is 2. The van der Waals surface area contributed by atoms with E-state index in [1.54, 1.807) is 54.7 Å². The average molecular weight is 467 g/mol. The number of carbonyl (C=O) groups excluding carboxylic acids is 3. The Labute approximate surface area is 201 Å². The minimum absolute atomic E-state index is 0.0277. The van der Waals surface area contributed by atoms with Gasteiger partial charge >= 0.3 is 6.03 Å². The first kappa shape index (κ1) is 22.1. The van der Waals surface area contributed by atoms with Crippen molar-refractivity contribution in [2.45, 2.75) is 19.0 Å². The van der Waals surface area contributed by atoms with Gasteiger partial charge in [-0.15, -0.1) is 5.92 Å². The molecule has 174 valence electrons. The van der Waals surface area contributed by atoms with Crippen molar-refractivity contribution < 1.29 is 19.1 Å². The third kappa shape index (κ3) is 4.06. The van der Waals surface area contributed by atoms with Crippen LogP contribution in [-0.2, 0) is 16.9 Å². The third-order valence-electron chi connectivity index (χ3n) is 6.05. The summed E-state index contributed by atoms with van der Waals surface area (Å²) in [5.74, 6) is 5.37. The van der Waals surface area contributed by atoms with E-state index in [2.05, 4.69) is 32.4 Å². The van der Waals surface area contributed by atoms with E-state index in [0.717, 1.165) is 11.1 Å². The number of urea groups is 1. The second-order valence-electron chi connectivity index (χ2n) is 8.18. The predicted molar refractivity (Wildman–Crippen MR) is 126 cm³/mol. The first-order chi connectivity index (χ1) is 17.0. The highest BCUT2D eigenvalue weighted by molar-refractivity contribution is 6.08. The van der Waals surface area contributed by atoms with Gasteiger partial charge in [-0.1, -0.05) is 36.3 Å². The standard InChI is InChI=1S/C26H21N5O4/c1-2-3-12-35-20-9-6-18-15-31(23(32)21(18)13-20)16-26(24(33)29-25(34)30-26)19-7-4-17(5-8-19)22-14-27-10-11-28-22/h4-11,13-14H,12,15-16H2,1H3,(H2,29,30,33,34)/t26-/m0/s1. The largest absolute Gasteiger partial charge is 0.481 e. The number of nitrogens with one attached hydrogen (secondary N) is 2. The van der Waals surface area contributed by atoms with Gasteiger partial charge in [0.05, 0.1) is 18.4 Å². The number of amides is 4. The zero-order chi connectivity index (χ0) is 24.4. The molecule has 0 aliphatic carbocycles. The maximum Gasteiger partial charge on any atom is 0.322 e. The van der Waals surface area contributed by atoms with Crippen LogP contribution in [0.25, 0.3) is 11.3 Å². The summed E-state index contributed by atoms with van der Waals surface area (Å²) in [5.41, 5.74) is 1.95. The van der Waals surface area contributed by atoms with E-state index in [1.807, 2.05) is 18.2 Å². The second kappa shape index (κ2) is 8.91. The van der Waals surface area contributed by atoms with E-state index in [4.69, 9.17) is 4.74 Å². The Hall–Kier alpha value is -4.71. The molecule has 5 rings (SSSR count). The molecular weight excluding hydrogens is 446 g/mol. The lowest BCUT2D eigenvalue weighted by molar-refractivity contribution is -0.124. The maximum atomic E-state index is 13.3. The van der Waals surface area contributed by atoms with Crippen molar-refractivity contribution in [3.63, 3.8) is 0 Å². The molecule has 35 heavy (non-hydrogen) atoms. The summed E-state index contributed by atoms with van der Waals surface area (Å²) in [7, 11) is 0. The van der Waals surface area contributed by atoms with Crippen LogP contribution in [0.15, 0.2) is 61.1 Å². The fraction of sp³-hybridized carbons (Fsp3) is 0.192. The molecule has 1 saturated heterocycles. The van der Waals surface area contributed by atoms with Crippen LogP contribution in [0, 0.1) is 11.8 Å². The molecule has 3 aromatic rings. The molecule has 2 N–H and O–H groups in total. The molecule has 1 fully saturated rings. The molecule has 0 radical (unpaired) electrons. The van der Waals surface area contributed by atoms with Gasteiger partial charge in [-0.05, 0) is 30.2 Å². The molecule has 2 aliphatic rings.